The van der Waals surface area contributed by atoms with Gasteiger partial charge in [-0.05, 0) is 43.3 Å². The number of hydrogen-bond acceptors (Lipinski definition) is 6. The van der Waals surface area contributed by atoms with Crippen molar-refractivity contribution in [2.24, 2.45) is 5.73 Å². The van der Waals surface area contributed by atoms with Crippen LogP contribution in [0.15, 0.2) is 29.6 Å². The molecule has 0 aliphatic carbocycles. The summed E-state index contributed by atoms with van der Waals surface area (Å²) in [6, 6.07) is 7.16. The number of primary amides is 1. The van der Waals surface area contributed by atoms with Crippen LogP contribution in [0, 0.1) is 13.8 Å². The van der Waals surface area contributed by atoms with Gasteiger partial charge in [0, 0.05) is 0 Å². The summed E-state index contributed by atoms with van der Waals surface area (Å²) in [5.41, 5.74) is 7.24. The average Bonchev–Trinajstić information content (AvgIpc) is 3.02. The van der Waals surface area contributed by atoms with Gasteiger partial charge < -0.3 is 20.5 Å². The van der Waals surface area contributed by atoms with Crippen LogP contribution in [0.2, 0.25) is 0 Å². The number of hydrogen-bond donors (Lipinski definition) is 2. The number of nitrogens with two attached hydrogens (primary N) is 1. The number of carbonyl (C=O) groups is 3. The molecule has 1 atom stereocenters. The first-order valence-electron chi connectivity index (χ1n) is 7.86. The monoisotopic (exact) mass is 376 g/mol. The predicted molar refractivity (Wildman–Crippen MR) is 98.4 cm³/mol. The number of benzene rings is 1. The van der Waals surface area contributed by atoms with E-state index in [9.17, 15) is 14.4 Å². The van der Waals surface area contributed by atoms with Gasteiger partial charge in [-0.2, -0.15) is 0 Å². The molecule has 0 fully saturated rings. The molecular weight excluding hydrogens is 356 g/mol. The van der Waals surface area contributed by atoms with Gasteiger partial charge >= 0.3 is 5.97 Å². The first-order valence-corrected chi connectivity index (χ1v) is 8.74. The third-order valence-corrected chi connectivity index (χ3v) is 4.42. The fourth-order valence-corrected chi connectivity index (χ4v) is 3.05. The highest BCUT2D eigenvalue weighted by molar-refractivity contribution is 7.14. The molecule has 0 saturated carbocycles. The Balaban J connectivity index is 1.89. The molecule has 0 saturated heterocycles. The van der Waals surface area contributed by atoms with Gasteiger partial charge in [-0.15, -0.1) is 11.3 Å². The van der Waals surface area contributed by atoms with Crippen molar-refractivity contribution in [1.82, 2.24) is 0 Å². The van der Waals surface area contributed by atoms with Crippen molar-refractivity contribution in [3.63, 3.8) is 0 Å². The summed E-state index contributed by atoms with van der Waals surface area (Å²) in [5, 5.41) is 4.48. The van der Waals surface area contributed by atoms with Crippen molar-refractivity contribution in [3.8, 4) is 5.75 Å². The van der Waals surface area contributed by atoms with Crippen molar-refractivity contribution in [2.75, 3.05) is 11.9 Å². The van der Waals surface area contributed by atoms with Crippen LogP contribution in [0.5, 0.6) is 5.75 Å². The van der Waals surface area contributed by atoms with Crippen LogP contribution in [-0.2, 0) is 14.3 Å². The quantitative estimate of drug-likeness (QED) is 0.722. The topological polar surface area (TPSA) is 108 Å². The Hall–Kier alpha value is -2.87. The van der Waals surface area contributed by atoms with Crippen LogP contribution in [0.3, 0.4) is 0 Å². The summed E-state index contributed by atoms with van der Waals surface area (Å²) in [5.74, 6) is -1.26. The van der Waals surface area contributed by atoms with E-state index in [4.69, 9.17) is 15.2 Å². The molecule has 2 amide bonds. The fourth-order valence-electron chi connectivity index (χ4n) is 2.26. The van der Waals surface area contributed by atoms with Crippen molar-refractivity contribution in [1.29, 1.82) is 0 Å². The van der Waals surface area contributed by atoms with Gasteiger partial charge in [0.1, 0.15) is 10.8 Å². The molecule has 7 nitrogen and oxygen atoms in total. The van der Waals surface area contributed by atoms with Gasteiger partial charge in [-0.3, -0.25) is 9.59 Å². The van der Waals surface area contributed by atoms with E-state index in [2.05, 4.69) is 5.32 Å². The molecule has 0 aliphatic heterocycles. The minimum Gasteiger partial charge on any atom is -0.481 e. The number of carbonyl (C=O) groups excluding carboxylic acids is 3. The number of aryl methyl sites for hydroxylation is 2. The highest BCUT2D eigenvalue weighted by Gasteiger charge is 2.21. The predicted octanol–water partition coefficient (Wildman–Crippen LogP) is 2.41. The van der Waals surface area contributed by atoms with Gasteiger partial charge in [-0.25, -0.2) is 4.79 Å². The Kier molecular flexibility index (Phi) is 6.35. The summed E-state index contributed by atoms with van der Waals surface area (Å²) >= 11 is 1.16. The minimum absolute atomic E-state index is 0.209. The maximum atomic E-state index is 12.1. The van der Waals surface area contributed by atoms with Crippen LogP contribution in [0.4, 0.5) is 5.00 Å². The third kappa shape index (κ3) is 4.82. The molecule has 1 aromatic heterocycles. The molecule has 0 spiro atoms. The number of para-hydroxylation sites is 1. The van der Waals surface area contributed by atoms with Crippen molar-refractivity contribution in [2.45, 2.75) is 26.9 Å². The number of nitrogens with one attached hydrogen (secondary N) is 1. The Labute approximate surface area is 155 Å². The van der Waals surface area contributed by atoms with Gasteiger partial charge in [0.2, 0.25) is 0 Å². The van der Waals surface area contributed by atoms with E-state index < -0.39 is 23.9 Å². The van der Waals surface area contributed by atoms with Crippen LogP contribution < -0.4 is 15.8 Å². The Bertz CT molecular complexity index is 810. The summed E-state index contributed by atoms with van der Waals surface area (Å²) in [7, 11) is 0. The van der Waals surface area contributed by atoms with Crippen LogP contribution in [0.1, 0.15) is 28.4 Å². The van der Waals surface area contributed by atoms with Crippen molar-refractivity contribution in [3.05, 3.63) is 46.3 Å². The Morgan fingerprint density at radius 3 is 2.46 bits per heavy atom. The van der Waals surface area contributed by atoms with Gasteiger partial charge in [0.25, 0.3) is 11.8 Å². The van der Waals surface area contributed by atoms with Gasteiger partial charge in [-0.1, -0.05) is 18.2 Å². The number of ether oxygens (including phenoxy) is 2. The van der Waals surface area contributed by atoms with Crippen LogP contribution in [0.25, 0.3) is 0 Å². The third-order valence-electron chi connectivity index (χ3n) is 3.59. The van der Waals surface area contributed by atoms with E-state index in [0.717, 1.165) is 22.5 Å². The Morgan fingerprint density at radius 2 is 1.85 bits per heavy atom. The lowest BCUT2D eigenvalue weighted by Crippen LogP contribution is -2.32. The molecule has 26 heavy (non-hydrogen) atoms. The van der Waals surface area contributed by atoms with Gasteiger partial charge in [0.05, 0.1) is 5.56 Å². The average molecular weight is 376 g/mol. The molecule has 138 valence electrons. The normalized spacial score (nSPS) is 11.5. The smallest absolute Gasteiger partial charge is 0.344 e. The summed E-state index contributed by atoms with van der Waals surface area (Å²) < 4.78 is 10.6. The molecule has 2 rings (SSSR count). The molecule has 1 aromatic carbocycles. The minimum atomic E-state index is -1.05. The molecule has 3 N–H and O–H groups in total. The number of thiophene rings is 1. The second-order valence-electron chi connectivity index (χ2n) is 5.66. The van der Waals surface area contributed by atoms with E-state index in [1.807, 2.05) is 32.0 Å². The van der Waals surface area contributed by atoms with E-state index >= 15 is 0 Å². The lowest BCUT2D eigenvalue weighted by Gasteiger charge is -2.15. The van der Waals surface area contributed by atoms with Crippen molar-refractivity contribution >= 4 is 34.1 Å². The largest absolute Gasteiger partial charge is 0.481 e. The van der Waals surface area contributed by atoms with Crippen LogP contribution >= 0.6 is 11.3 Å². The second-order valence-corrected chi connectivity index (χ2v) is 6.57. The SMILES string of the molecule is Cc1cccc(C)c1OCC(=O)O[C@H](C)C(=O)Nc1sccc1C(N)=O. The van der Waals surface area contributed by atoms with E-state index in [1.54, 1.807) is 5.38 Å². The number of rotatable bonds is 7. The van der Waals surface area contributed by atoms with E-state index in [0.29, 0.717) is 10.8 Å². The molecule has 0 bridgehead atoms. The zero-order valence-corrected chi connectivity index (χ0v) is 15.5. The number of esters is 1. The molecule has 0 aliphatic rings. The summed E-state index contributed by atoms with van der Waals surface area (Å²) in [6.45, 7) is 4.88. The molecule has 8 heteroatoms. The first-order chi connectivity index (χ1) is 12.3. The number of anilines is 1. The molecule has 0 unspecified atom stereocenters. The zero-order valence-electron chi connectivity index (χ0n) is 14.7. The summed E-state index contributed by atoms with van der Waals surface area (Å²) in [6.07, 6.45) is -1.05. The maximum absolute atomic E-state index is 12.1. The number of amides is 2. The molecule has 0 radical (unpaired) electrons. The standard InChI is InChI=1S/C18H20N2O5S/c1-10-5-4-6-11(2)15(10)24-9-14(21)25-12(3)17(23)20-18-13(16(19)22)7-8-26-18/h4-8,12H,9H2,1-3H3,(H2,19,22)(H,20,23)/t12-/m1/s1. The highest BCUT2D eigenvalue weighted by Crippen LogP contribution is 2.23. The second kappa shape index (κ2) is 8.48. The van der Waals surface area contributed by atoms with Crippen LogP contribution in [-0.4, -0.2) is 30.5 Å². The zero-order chi connectivity index (χ0) is 19.3. The van der Waals surface area contributed by atoms with Crippen molar-refractivity contribution < 1.29 is 23.9 Å². The molecule has 2 aromatic rings. The molecular formula is C18H20N2O5S. The fraction of sp³-hybridized carbons (Fsp3) is 0.278. The lowest BCUT2D eigenvalue weighted by molar-refractivity contribution is -0.155. The van der Waals surface area contributed by atoms with Gasteiger partial charge in [0.15, 0.2) is 12.7 Å². The first kappa shape index (κ1) is 19.5. The maximum Gasteiger partial charge on any atom is 0.344 e. The van der Waals surface area contributed by atoms with E-state index in [-0.39, 0.29) is 12.2 Å². The van der Waals surface area contributed by atoms with E-state index in [1.165, 1.54) is 13.0 Å². The molecule has 1 heterocycles. The highest BCUT2D eigenvalue weighted by atomic mass is 32.1. The summed E-state index contributed by atoms with van der Waals surface area (Å²) in [4.78, 5) is 35.3. The lowest BCUT2D eigenvalue weighted by atomic mass is 10.1. The Morgan fingerprint density at radius 1 is 1.19 bits per heavy atom.